The van der Waals surface area contributed by atoms with Gasteiger partial charge in [-0.05, 0) is 52.0 Å². The minimum Gasteiger partial charge on any atom is -0.444 e. The van der Waals surface area contributed by atoms with E-state index in [-0.39, 0.29) is 18.2 Å². The van der Waals surface area contributed by atoms with Gasteiger partial charge in [0.15, 0.2) is 0 Å². The van der Waals surface area contributed by atoms with Crippen molar-refractivity contribution in [2.75, 3.05) is 6.54 Å². The second kappa shape index (κ2) is 7.51. The molecule has 0 spiro atoms. The van der Waals surface area contributed by atoms with Crippen LogP contribution < -0.4 is 10.6 Å². The number of aromatic nitrogens is 3. The van der Waals surface area contributed by atoms with Gasteiger partial charge in [0.1, 0.15) is 17.8 Å². The molecule has 7 nitrogen and oxygen atoms in total. The highest BCUT2D eigenvalue weighted by molar-refractivity contribution is 5.68. The lowest BCUT2D eigenvalue weighted by molar-refractivity contribution is 0.0450. The van der Waals surface area contributed by atoms with Crippen LogP contribution >= 0.6 is 0 Å². The fourth-order valence-electron chi connectivity index (χ4n) is 2.99. The largest absolute Gasteiger partial charge is 0.444 e. The highest BCUT2D eigenvalue weighted by Crippen LogP contribution is 2.28. The number of rotatable bonds is 6. The van der Waals surface area contributed by atoms with Gasteiger partial charge >= 0.3 is 6.09 Å². The maximum absolute atomic E-state index is 11.7. The Kier molecular flexibility index (Phi) is 5.85. The molecule has 0 saturated heterocycles. The minimum atomic E-state index is -0.449. The molecule has 1 atom stereocenters. The monoisotopic (exact) mass is 337 g/mol. The van der Waals surface area contributed by atoms with Gasteiger partial charge in [-0.3, -0.25) is 0 Å². The first kappa shape index (κ1) is 18.7. The van der Waals surface area contributed by atoms with E-state index in [4.69, 9.17) is 4.74 Å². The topological polar surface area (TPSA) is 81.1 Å². The fourth-order valence-corrected chi connectivity index (χ4v) is 2.99. The van der Waals surface area contributed by atoms with Crippen LogP contribution in [0.25, 0.3) is 0 Å². The Hall–Kier alpha value is -1.63. The lowest BCUT2D eigenvalue weighted by Gasteiger charge is -2.37. The molecule has 2 N–H and O–H groups in total. The van der Waals surface area contributed by atoms with E-state index in [9.17, 15) is 4.79 Å². The Morgan fingerprint density at radius 1 is 1.42 bits per heavy atom. The van der Waals surface area contributed by atoms with E-state index in [0.29, 0.717) is 11.8 Å². The number of amides is 1. The molecule has 7 heteroatoms. The average molecular weight is 337 g/mol. The van der Waals surface area contributed by atoms with Crippen molar-refractivity contribution in [2.45, 2.75) is 65.1 Å². The van der Waals surface area contributed by atoms with E-state index in [1.807, 2.05) is 32.4 Å². The molecule has 1 aromatic heterocycles. The van der Waals surface area contributed by atoms with Crippen molar-refractivity contribution in [3.8, 4) is 0 Å². The van der Waals surface area contributed by atoms with Crippen molar-refractivity contribution in [3.63, 3.8) is 0 Å². The zero-order valence-corrected chi connectivity index (χ0v) is 15.7. The first-order valence-electron chi connectivity index (χ1n) is 8.72. The van der Waals surface area contributed by atoms with Crippen LogP contribution in [0.2, 0.25) is 0 Å². The second-order valence-corrected chi connectivity index (χ2v) is 8.11. The summed E-state index contributed by atoms with van der Waals surface area (Å²) in [4.78, 5) is 11.7. The van der Waals surface area contributed by atoms with E-state index >= 15 is 0 Å². The predicted octanol–water partition coefficient (Wildman–Crippen LogP) is 2.41. The summed E-state index contributed by atoms with van der Waals surface area (Å²) in [6.07, 6.45) is 3.38. The number of aryl methyl sites for hydroxylation is 1. The molecule has 1 aliphatic carbocycles. The predicted molar refractivity (Wildman–Crippen MR) is 92.5 cm³/mol. The standard InChI is InChI=1S/C17H31N5O2/c1-11(2)14(15-21-19-10-22(15)6)18-9-12-7-13(8-12)20-16(23)24-17(3,4)5/h10-14,18H,7-9H2,1-6H3,(H,20,23). The summed E-state index contributed by atoms with van der Waals surface area (Å²) in [5, 5.41) is 14.7. The number of nitrogens with zero attached hydrogens (tertiary/aromatic N) is 3. The quantitative estimate of drug-likeness (QED) is 0.833. The molecule has 0 bridgehead atoms. The maximum Gasteiger partial charge on any atom is 0.407 e. The van der Waals surface area contributed by atoms with Gasteiger partial charge in [-0.2, -0.15) is 0 Å². The molecule has 24 heavy (non-hydrogen) atoms. The van der Waals surface area contributed by atoms with Crippen molar-refractivity contribution >= 4 is 6.09 Å². The average Bonchev–Trinajstić information content (AvgIpc) is 2.79. The molecule has 1 aliphatic rings. The lowest BCUT2D eigenvalue weighted by Crippen LogP contribution is -2.49. The minimum absolute atomic E-state index is 0.190. The molecule has 1 heterocycles. The van der Waals surface area contributed by atoms with Crippen molar-refractivity contribution < 1.29 is 9.53 Å². The summed E-state index contributed by atoms with van der Waals surface area (Å²) in [6.45, 7) is 10.9. The molecule has 1 unspecified atom stereocenters. The van der Waals surface area contributed by atoms with E-state index in [1.165, 1.54) is 0 Å². The summed E-state index contributed by atoms with van der Waals surface area (Å²) in [6, 6.07) is 0.411. The third-order valence-corrected chi connectivity index (χ3v) is 4.27. The SMILES string of the molecule is CC(C)C(NCC1CC(NC(=O)OC(C)(C)C)C1)c1nncn1C. The van der Waals surface area contributed by atoms with Crippen molar-refractivity contribution in [1.29, 1.82) is 0 Å². The van der Waals surface area contributed by atoms with Gasteiger partial charge in [0.25, 0.3) is 0 Å². The molecular weight excluding hydrogens is 306 g/mol. The number of hydrogen-bond acceptors (Lipinski definition) is 5. The van der Waals surface area contributed by atoms with Gasteiger partial charge in [-0.15, -0.1) is 10.2 Å². The fraction of sp³-hybridized carbons (Fsp3) is 0.824. The Morgan fingerprint density at radius 2 is 2.08 bits per heavy atom. The Labute approximate surface area is 144 Å². The summed E-state index contributed by atoms with van der Waals surface area (Å²) in [7, 11) is 1.97. The Balaban J connectivity index is 1.73. The van der Waals surface area contributed by atoms with Crippen LogP contribution in [-0.4, -0.2) is 39.0 Å². The lowest BCUT2D eigenvalue weighted by atomic mass is 9.80. The van der Waals surface area contributed by atoms with Crippen LogP contribution in [0.15, 0.2) is 6.33 Å². The molecule has 0 radical (unpaired) electrons. The van der Waals surface area contributed by atoms with Crippen LogP contribution in [0.5, 0.6) is 0 Å². The molecule has 0 aromatic carbocycles. The molecule has 0 aliphatic heterocycles. The normalized spacial score (nSPS) is 22.1. The highest BCUT2D eigenvalue weighted by atomic mass is 16.6. The number of alkyl carbamates (subject to hydrolysis) is 1. The Morgan fingerprint density at radius 3 is 2.58 bits per heavy atom. The summed E-state index contributed by atoms with van der Waals surface area (Å²) < 4.78 is 7.25. The van der Waals surface area contributed by atoms with E-state index in [1.54, 1.807) is 6.33 Å². The van der Waals surface area contributed by atoms with E-state index in [0.717, 1.165) is 25.2 Å². The van der Waals surface area contributed by atoms with E-state index in [2.05, 4.69) is 34.7 Å². The third kappa shape index (κ3) is 5.19. The molecule has 2 rings (SSSR count). The second-order valence-electron chi connectivity index (χ2n) is 8.11. The Bertz CT molecular complexity index is 543. The third-order valence-electron chi connectivity index (χ3n) is 4.27. The molecular formula is C17H31N5O2. The van der Waals surface area contributed by atoms with Crippen molar-refractivity contribution in [1.82, 2.24) is 25.4 Å². The van der Waals surface area contributed by atoms with Gasteiger partial charge in [-0.25, -0.2) is 4.79 Å². The van der Waals surface area contributed by atoms with Gasteiger partial charge in [0, 0.05) is 13.1 Å². The number of hydrogen-bond donors (Lipinski definition) is 2. The summed E-state index contributed by atoms with van der Waals surface area (Å²) in [5.74, 6) is 1.97. The van der Waals surface area contributed by atoms with Gasteiger partial charge < -0.3 is 19.9 Å². The van der Waals surface area contributed by atoms with Crippen molar-refractivity contribution in [2.24, 2.45) is 18.9 Å². The summed E-state index contributed by atoms with van der Waals surface area (Å²) >= 11 is 0. The first-order valence-corrected chi connectivity index (χ1v) is 8.72. The molecule has 1 saturated carbocycles. The molecule has 136 valence electrons. The summed E-state index contributed by atoms with van der Waals surface area (Å²) in [5.41, 5.74) is -0.449. The number of carbonyl (C=O) groups is 1. The van der Waals surface area contributed by atoms with Crippen LogP contribution in [0.4, 0.5) is 4.79 Å². The smallest absolute Gasteiger partial charge is 0.407 e. The van der Waals surface area contributed by atoms with Gasteiger partial charge in [-0.1, -0.05) is 13.8 Å². The van der Waals surface area contributed by atoms with Crippen LogP contribution in [0.1, 0.15) is 59.3 Å². The molecule has 1 fully saturated rings. The van der Waals surface area contributed by atoms with Crippen LogP contribution in [-0.2, 0) is 11.8 Å². The van der Waals surface area contributed by atoms with Gasteiger partial charge in [0.05, 0.1) is 6.04 Å². The first-order chi connectivity index (χ1) is 11.2. The zero-order valence-electron chi connectivity index (χ0n) is 15.7. The number of nitrogens with one attached hydrogen (secondary N) is 2. The van der Waals surface area contributed by atoms with Crippen LogP contribution in [0, 0.1) is 11.8 Å². The molecule has 1 amide bonds. The highest BCUT2D eigenvalue weighted by Gasteiger charge is 2.32. The van der Waals surface area contributed by atoms with Crippen LogP contribution in [0.3, 0.4) is 0 Å². The van der Waals surface area contributed by atoms with Gasteiger partial charge in [0.2, 0.25) is 0 Å². The number of carbonyl (C=O) groups excluding carboxylic acids is 1. The molecule has 1 aromatic rings. The zero-order chi connectivity index (χ0) is 17.9. The maximum atomic E-state index is 11.7. The number of ether oxygens (including phenoxy) is 1. The van der Waals surface area contributed by atoms with Crippen molar-refractivity contribution in [3.05, 3.63) is 12.2 Å². The van der Waals surface area contributed by atoms with E-state index < -0.39 is 5.60 Å².